The number of hydrogen-bond donors (Lipinski definition) is 0. The predicted octanol–water partition coefficient (Wildman–Crippen LogP) is 6.48. The third-order valence-electron chi connectivity index (χ3n) is 3.60. The van der Waals surface area contributed by atoms with Gasteiger partial charge in [-0.15, -0.1) is 0 Å². The van der Waals surface area contributed by atoms with Crippen molar-refractivity contribution in [3.8, 4) is 17.6 Å². The SMILES string of the molecule is N#CCN(CP(=O)(Oc1ccccc1)Oc1ccccc1)Sc1ccc(Cl)cc1. The van der Waals surface area contributed by atoms with Crippen LogP contribution in [0.2, 0.25) is 5.02 Å². The summed E-state index contributed by atoms with van der Waals surface area (Å²) in [5, 5.41) is 9.85. The number of para-hydroxylation sites is 2. The largest absolute Gasteiger partial charge is 0.445 e. The van der Waals surface area contributed by atoms with Crippen LogP contribution in [-0.4, -0.2) is 17.1 Å². The number of nitriles is 1. The summed E-state index contributed by atoms with van der Waals surface area (Å²) in [5.74, 6) is 0.861. The third-order valence-corrected chi connectivity index (χ3v) is 6.71. The van der Waals surface area contributed by atoms with Crippen molar-refractivity contribution in [1.82, 2.24) is 4.31 Å². The van der Waals surface area contributed by atoms with E-state index in [2.05, 4.69) is 6.07 Å². The summed E-state index contributed by atoms with van der Waals surface area (Å²) >= 11 is 7.23. The molecule has 0 spiro atoms. The summed E-state index contributed by atoms with van der Waals surface area (Å²) in [6.45, 7) is 0.0353. The van der Waals surface area contributed by atoms with Crippen LogP contribution in [-0.2, 0) is 4.57 Å². The summed E-state index contributed by atoms with van der Waals surface area (Å²) in [6, 6.07) is 27.0. The van der Waals surface area contributed by atoms with Crippen LogP contribution in [0.3, 0.4) is 0 Å². The highest BCUT2D eigenvalue weighted by molar-refractivity contribution is 7.97. The Balaban J connectivity index is 1.83. The van der Waals surface area contributed by atoms with E-state index < -0.39 is 7.60 Å². The highest BCUT2D eigenvalue weighted by Crippen LogP contribution is 2.50. The maximum Gasteiger partial charge on any atom is 0.445 e. The minimum Gasteiger partial charge on any atom is -0.415 e. The zero-order valence-corrected chi connectivity index (χ0v) is 17.8. The van der Waals surface area contributed by atoms with E-state index in [-0.39, 0.29) is 12.8 Å². The van der Waals surface area contributed by atoms with Gasteiger partial charge in [0.25, 0.3) is 0 Å². The molecule has 0 bridgehead atoms. The zero-order chi connectivity index (χ0) is 20.5. The number of halogens is 1. The first-order valence-electron chi connectivity index (χ1n) is 8.70. The average molecular weight is 445 g/mol. The monoisotopic (exact) mass is 444 g/mol. The molecule has 0 fully saturated rings. The molecule has 0 unspecified atom stereocenters. The van der Waals surface area contributed by atoms with E-state index in [1.54, 1.807) is 65.0 Å². The maximum absolute atomic E-state index is 13.7. The smallest absolute Gasteiger partial charge is 0.415 e. The van der Waals surface area contributed by atoms with E-state index in [1.807, 2.05) is 24.3 Å². The molecule has 0 N–H and O–H groups in total. The van der Waals surface area contributed by atoms with Gasteiger partial charge in [-0.25, -0.2) is 8.87 Å². The van der Waals surface area contributed by atoms with Crippen LogP contribution in [0.5, 0.6) is 11.5 Å². The molecule has 3 aromatic rings. The molecule has 0 saturated heterocycles. The Bertz CT molecular complexity index is 952. The molecule has 29 heavy (non-hydrogen) atoms. The molecule has 0 atom stereocenters. The van der Waals surface area contributed by atoms with Gasteiger partial charge in [-0.3, -0.25) is 0 Å². The van der Waals surface area contributed by atoms with Gasteiger partial charge in [0, 0.05) is 9.92 Å². The fraction of sp³-hybridized carbons (Fsp3) is 0.0952. The van der Waals surface area contributed by atoms with Crippen LogP contribution in [0, 0.1) is 11.3 Å². The van der Waals surface area contributed by atoms with Crippen molar-refractivity contribution < 1.29 is 13.6 Å². The Morgan fingerprint density at radius 1 is 0.897 bits per heavy atom. The van der Waals surface area contributed by atoms with Crippen LogP contribution in [0.25, 0.3) is 0 Å². The highest BCUT2D eigenvalue weighted by atomic mass is 35.5. The molecule has 3 rings (SSSR count). The molecule has 0 radical (unpaired) electrons. The molecule has 148 valence electrons. The number of nitrogens with zero attached hydrogens (tertiary/aromatic N) is 2. The summed E-state index contributed by atoms with van der Waals surface area (Å²) in [4.78, 5) is 0.857. The summed E-state index contributed by atoms with van der Waals surface area (Å²) in [7, 11) is -3.67. The Labute approximate surface area is 179 Å². The average Bonchev–Trinajstić information content (AvgIpc) is 2.71. The lowest BCUT2D eigenvalue weighted by molar-refractivity contribution is 0.369. The van der Waals surface area contributed by atoms with Crippen molar-refractivity contribution in [1.29, 1.82) is 5.26 Å². The summed E-state index contributed by atoms with van der Waals surface area (Å²) in [5.41, 5.74) is 0. The van der Waals surface area contributed by atoms with E-state index in [0.29, 0.717) is 16.5 Å². The molecule has 0 aliphatic carbocycles. The summed E-state index contributed by atoms with van der Waals surface area (Å²) < 4.78 is 26.9. The first-order chi connectivity index (χ1) is 14.1. The van der Waals surface area contributed by atoms with Gasteiger partial charge in [0.2, 0.25) is 0 Å². The number of hydrogen-bond acceptors (Lipinski definition) is 6. The molecule has 5 nitrogen and oxygen atoms in total. The Morgan fingerprint density at radius 3 is 1.90 bits per heavy atom. The van der Waals surface area contributed by atoms with Gasteiger partial charge >= 0.3 is 7.60 Å². The number of rotatable bonds is 9. The standard InChI is InChI=1S/C21H18ClN2O3PS/c22-18-11-13-21(14-12-18)29-24(16-15-23)17-28(25,26-19-7-3-1-4-8-19)27-20-9-5-2-6-10-20/h1-14H,16-17H2. The highest BCUT2D eigenvalue weighted by Gasteiger charge is 2.32. The van der Waals surface area contributed by atoms with E-state index in [1.165, 1.54) is 11.9 Å². The fourth-order valence-electron chi connectivity index (χ4n) is 2.39. The second-order valence-corrected chi connectivity index (χ2v) is 9.38. The lowest BCUT2D eigenvalue weighted by Crippen LogP contribution is -2.21. The van der Waals surface area contributed by atoms with E-state index in [0.717, 1.165) is 4.90 Å². The van der Waals surface area contributed by atoms with Crippen LogP contribution in [0.15, 0.2) is 89.8 Å². The van der Waals surface area contributed by atoms with Gasteiger partial charge < -0.3 is 9.05 Å². The Hall–Kier alpha value is -2.42. The molecule has 0 saturated carbocycles. The molecular weight excluding hydrogens is 427 g/mol. The van der Waals surface area contributed by atoms with Crippen LogP contribution in [0.1, 0.15) is 0 Å². The molecule has 0 aromatic heterocycles. The fourth-order valence-corrected chi connectivity index (χ4v) is 5.37. The molecule has 0 heterocycles. The normalized spacial score (nSPS) is 11.1. The van der Waals surface area contributed by atoms with Crippen LogP contribution < -0.4 is 9.05 Å². The van der Waals surface area contributed by atoms with Gasteiger partial charge in [-0.05, 0) is 60.5 Å². The lowest BCUT2D eigenvalue weighted by Gasteiger charge is -2.25. The molecule has 0 aliphatic rings. The Kier molecular flexibility index (Phi) is 7.62. The van der Waals surface area contributed by atoms with Gasteiger partial charge in [0.15, 0.2) is 0 Å². The maximum atomic E-state index is 13.7. The predicted molar refractivity (Wildman–Crippen MR) is 116 cm³/mol. The van der Waals surface area contributed by atoms with Crippen molar-refractivity contribution in [3.05, 3.63) is 90.0 Å². The molecule has 0 aliphatic heterocycles. The van der Waals surface area contributed by atoms with Crippen LogP contribution in [0.4, 0.5) is 0 Å². The van der Waals surface area contributed by atoms with Crippen molar-refractivity contribution in [2.45, 2.75) is 4.90 Å². The molecule has 8 heteroatoms. The molecule has 3 aromatic carbocycles. The zero-order valence-electron chi connectivity index (χ0n) is 15.3. The van der Waals surface area contributed by atoms with Gasteiger partial charge in [0.1, 0.15) is 17.8 Å². The van der Waals surface area contributed by atoms with Crippen molar-refractivity contribution in [2.75, 3.05) is 12.8 Å². The van der Waals surface area contributed by atoms with Crippen molar-refractivity contribution in [3.63, 3.8) is 0 Å². The molecular formula is C21H18ClN2O3PS. The van der Waals surface area contributed by atoms with Gasteiger partial charge in [-0.1, -0.05) is 48.0 Å². The number of benzene rings is 3. The first-order valence-corrected chi connectivity index (χ1v) is 11.6. The Morgan fingerprint density at radius 2 is 1.41 bits per heavy atom. The topological polar surface area (TPSA) is 62.6 Å². The van der Waals surface area contributed by atoms with Gasteiger partial charge in [-0.2, -0.15) is 5.26 Å². The minimum atomic E-state index is -3.67. The minimum absolute atomic E-state index is 0.0353. The van der Waals surface area contributed by atoms with E-state index in [4.69, 9.17) is 20.6 Å². The second kappa shape index (κ2) is 10.4. The third kappa shape index (κ3) is 6.85. The van der Waals surface area contributed by atoms with E-state index in [9.17, 15) is 9.83 Å². The molecule has 0 amide bonds. The van der Waals surface area contributed by atoms with Crippen molar-refractivity contribution >= 4 is 31.1 Å². The summed E-state index contributed by atoms with van der Waals surface area (Å²) in [6.07, 6.45) is -0.0857. The second-order valence-electron chi connectivity index (χ2n) is 5.90. The quantitative estimate of drug-likeness (QED) is 0.214. The van der Waals surface area contributed by atoms with Gasteiger partial charge in [0.05, 0.1) is 12.6 Å². The van der Waals surface area contributed by atoms with Crippen molar-refractivity contribution in [2.24, 2.45) is 0 Å². The van der Waals surface area contributed by atoms with E-state index >= 15 is 0 Å². The first kappa shape index (κ1) is 21.3. The lowest BCUT2D eigenvalue weighted by atomic mass is 10.3. The van der Waals surface area contributed by atoms with Crippen LogP contribution >= 0.6 is 31.1 Å².